The molecule has 7 heteroatoms. The Bertz CT molecular complexity index is 641. The molecule has 1 N–H and O–H groups in total. The molecule has 2 aromatic rings. The van der Waals surface area contributed by atoms with Crippen LogP contribution >= 0.6 is 24.0 Å². The Morgan fingerprint density at radius 2 is 1.96 bits per heavy atom. The van der Waals surface area contributed by atoms with Crippen LogP contribution in [0.15, 0.2) is 53.9 Å². The van der Waals surface area contributed by atoms with E-state index in [9.17, 15) is 0 Å². The minimum absolute atomic E-state index is 0. The van der Waals surface area contributed by atoms with Crippen LogP contribution < -0.4 is 10.2 Å². The molecule has 1 aliphatic heterocycles. The van der Waals surface area contributed by atoms with Gasteiger partial charge >= 0.3 is 0 Å². The van der Waals surface area contributed by atoms with E-state index in [1.807, 2.05) is 37.6 Å². The van der Waals surface area contributed by atoms with E-state index in [0.717, 1.165) is 50.9 Å². The van der Waals surface area contributed by atoms with Crippen LogP contribution in [-0.2, 0) is 6.42 Å². The van der Waals surface area contributed by atoms with Gasteiger partial charge in [0, 0.05) is 58.4 Å². The molecule has 0 aliphatic carbocycles. The smallest absolute Gasteiger partial charge is 0.193 e. The molecular formula is C18H25IN6. The number of guanidine groups is 1. The van der Waals surface area contributed by atoms with Gasteiger partial charge in [-0.15, -0.1) is 24.0 Å². The fourth-order valence-electron chi connectivity index (χ4n) is 2.89. The summed E-state index contributed by atoms with van der Waals surface area (Å²) in [5.74, 6) is 2.02. The van der Waals surface area contributed by atoms with E-state index in [2.05, 4.69) is 42.2 Å². The number of piperazine rings is 1. The second-order valence-electron chi connectivity index (χ2n) is 5.75. The summed E-state index contributed by atoms with van der Waals surface area (Å²) in [6, 6.07) is 10.1. The van der Waals surface area contributed by atoms with Gasteiger partial charge in [0.1, 0.15) is 5.82 Å². The molecule has 0 saturated carbocycles. The highest BCUT2D eigenvalue weighted by atomic mass is 127. The lowest BCUT2D eigenvalue weighted by atomic mass is 10.2. The average molecular weight is 452 g/mol. The first kappa shape index (κ1) is 19.4. The lowest BCUT2D eigenvalue weighted by Crippen LogP contribution is -2.53. The number of pyridine rings is 2. The maximum Gasteiger partial charge on any atom is 0.193 e. The predicted octanol–water partition coefficient (Wildman–Crippen LogP) is 2.03. The van der Waals surface area contributed by atoms with Gasteiger partial charge in [0.05, 0.1) is 0 Å². The Labute approximate surface area is 166 Å². The molecule has 0 bridgehead atoms. The number of nitrogens with one attached hydrogen (secondary N) is 1. The maximum absolute atomic E-state index is 4.43. The van der Waals surface area contributed by atoms with Gasteiger partial charge in [0.15, 0.2) is 5.96 Å². The monoisotopic (exact) mass is 452 g/mol. The summed E-state index contributed by atoms with van der Waals surface area (Å²) in [5.41, 5.74) is 1.24. The molecule has 3 rings (SSSR count). The molecule has 0 radical (unpaired) electrons. The van der Waals surface area contributed by atoms with E-state index >= 15 is 0 Å². The molecular weight excluding hydrogens is 427 g/mol. The van der Waals surface area contributed by atoms with Crippen LogP contribution in [0.2, 0.25) is 0 Å². The quantitative estimate of drug-likeness (QED) is 0.437. The summed E-state index contributed by atoms with van der Waals surface area (Å²) in [6.07, 6.45) is 6.51. The summed E-state index contributed by atoms with van der Waals surface area (Å²) in [7, 11) is 1.84. The second kappa shape index (κ2) is 10.2. The number of anilines is 1. The molecule has 1 aliphatic rings. The second-order valence-corrected chi connectivity index (χ2v) is 5.75. The van der Waals surface area contributed by atoms with Crippen molar-refractivity contribution in [2.24, 2.45) is 4.99 Å². The SMILES string of the molecule is CN=C(NCCc1cccnc1)N1CCN(c2ccccn2)CC1.I. The highest BCUT2D eigenvalue weighted by Crippen LogP contribution is 2.12. The van der Waals surface area contributed by atoms with E-state index < -0.39 is 0 Å². The molecule has 2 aromatic heterocycles. The maximum atomic E-state index is 4.43. The van der Waals surface area contributed by atoms with E-state index in [1.54, 1.807) is 6.20 Å². The number of halogens is 1. The number of nitrogens with zero attached hydrogens (tertiary/aromatic N) is 5. The molecule has 0 amide bonds. The zero-order valence-corrected chi connectivity index (χ0v) is 16.8. The van der Waals surface area contributed by atoms with Crippen LogP contribution in [0.3, 0.4) is 0 Å². The molecule has 3 heterocycles. The van der Waals surface area contributed by atoms with Crippen LogP contribution in [-0.4, -0.2) is 60.6 Å². The van der Waals surface area contributed by atoms with E-state index in [1.165, 1.54) is 5.56 Å². The Morgan fingerprint density at radius 3 is 2.60 bits per heavy atom. The summed E-state index contributed by atoms with van der Waals surface area (Å²) < 4.78 is 0. The van der Waals surface area contributed by atoms with Gasteiger partial charge in [-0.05, 0) is 30.2 Å². The third-order valence-corrected chi connectivity index (χ3v) is 4.18. The Balaban J connectivity index is 0.00000225. The number of rotatable bonds is 4. The topological polar surface area (TPSA) is 56.7 Å². The zero-order chi connectivity index (χ0) is 16.6. The number of aliphatic imine (C=N–C) groups is 1. The first-order chi connectivity index (χ1) is 11.9. The van der Waals surface area contributed by atoms with Crippen LogP contribution in [0.25, 0.3) is 0 Å². The summed E-state index contributed by atoms with van der Waals surface area (Å²) in [4.78, 5) is 17.6. The number of hydrogen-bond acceptors (Lipinski definition) is 4. The fourth-order valence-corrected chi connectivity index (χ4v) is 2.89. The minimum atomic E-state index is 0. The standard InChI is InChI=1S/C18H24N6.HI/c1-19-18(22-10-7-16-5-4-8-20-15-16)24-13-11-23(12-14-24)17-6-2-3-9-21-17;/h2-6,8-9,15H,7,10-14H2,1H3,(H,19,22);1H. The third-order valence-electron chi connectivity index (χ3n) is 4.18. The molecule has 0 atom stereocenters. The number of hydrogen-bond donors (Lipinski definition) is 1. The highest BCUT2D eigenvalue weighted by molar-refractivity contribution is 14.0. The third kappa shape index (κ3) is 5.55. The predicted molar refractivity (Wildman–Crippen MR) is 113 cm³/mol. The van der Waals surface area contributed by atoms with E-state index in [4.69, 9.17) is 0 Å². The Morgan fingerprint density at radius 1 is 1.12 bits per heavy atom. The van der Waals surface area contributed by atoms with Crippen molar-refractivity contribution in [3.8, 4) is 0 Å². The summed E-state index contributed by atoms with van der Waals surface area (Å²) in [5, 5.41) is 3.46. The minimum Gasteiger partial charge on any atom is -0.356 e. The van der Waals surface area contributed by atoms with Gasteiger partial charge in [0.25, 0.3) is 0 Å². The van der Waals surface area contributed by atoms with Gasteiger partial charge in [-0.25, -0.2) is 4.98 Å². The van der Waals surface area contributed by atoms with Crippen molar-refractivity contribution in [2.75, 3.05) is 44.7 Å². The van der Waals surface area contributed by atoms with Crippen molar-refractivity contribution in [2.45, 2.75) is 6.42 Å². The van der Waals surface area contributed by atoms with Gasteiger partial charge < -0.3 is 15.1 Å². The van der Waals surface area contributed by atoms with Crippen LogP contribution in [0, 0.1) is 0 Å². The van der Waals surface area contributed by atoms with Crippen molar-refractivity contribution in [3.63, 3.8) is 0 Å². The number of aromatic nitrogens is 2. The molecule has 1 fully saturated rings. The molecule has 25 heavy (non-hydrogen) atoms. The largest absolute Gasteiger partial charge is 0.356 e. The van der Waals surface area contributed by atoms with Gasteiger partial charge in [-0.2, -0.15) is 0 Å². The molecule has 1 saturated heterocycles. The van der Waals surface area contributed by atoms with E-state index in [-0.39, 0.29) is 24.0 Å². The van der Waals surface area contributed by atoms with Crippen molar-refractivity contribution < 1.29 is 0 Å². The molecule has 0 aromatic carbocycles. The normalized spacial score (nSPS) is 14.8. The Hall–Kier alpha value is -1.90. The van der Waals surface area contributed by atoms with Crippen molar-refractivity contribution in [1.82, 2.24) is 20.2 Å². The molecule has 134 valence electrons. The van der Waals surface area contributed by atoms with Gasteiger partial charge in [-0.1, -0.05) is 12.1 Å². The lowest BCUT2D eigenvalue weighted by molar-refractivity contribution is 0.372. The van der Waals surface area contributed by atoms with Crippen LogP contribution in [0.4, 0.5) is 5.82 Å². The zero-order valence-electron chi connectivity index (χ0n) is 14.5. The Kier molecular flexibility index (Phi) is 7.90. The van der Waals surface area contributed by atoms with Crippen molar-refractivity contribution >= 4 is 35.8 Å². The summed E-state index contributed by atoms with van der Waals surface area (Å²) in [6.45, 7) is 4.67. The van der Waals surface area contributed by atoms with Gasteiger partial charge in [-0.3, -0.25) is 9.98 Å². The summed E-state index contributed by atoms with van der Waals surface area (Å²) >= 11 is 0. The van der Waals surface area contributed by atoms with Crippen molar-refractivity contribution in [1.29, 1.82) is 0 Å². The molecule has 0 spiro atoms. The molecule has 0 unspecified atom stereocenters. The first-order valence-corrected chi connectivity index (χ1v) is 8.37. The van der Waals surface area contributed by atoms with Crippen LogP contribution in [0.5, 0.6) is 0 Å². The lowest BCUT2D eigenvalue weighted by Gasteiger charge is -2.37. The van der Waals surface area contributed by atoms with E-state index in [0.29, 0.717) is 0 Å². The average Bonchev–Trinajstić information content (AvgIpc) is 2.67. The van der Waals surface area contributed by atoms with Crippen LogP contribution in [0.1, 0.15) is 5.56 Å². The first-order valence-electron chi connectivity index (χ1n) is 8.37. The fraction of sp³-hybridized carbons (Fsp3) is 0.389. The van der Waals surface area contributed by atoms with Crippen molar-refractivity contribution in [3.05, 3.63) is 54.5 Å². The molecule has 6 nitrogen and oxygen atoms in total. The highest BCUT2D eigenvalue weighted by Gasteiger charge is 2.20. The van der Waals surface area contributed by atoms with Gasteiger partial charge in [0.2, 0.25) is 0 Å².